The third kappa shape index (κ3) is 3.32. The number of anilines is 1. The largest absolute Gasteiger partial charge is 0.462 e. The molecule has 1 aromatic carbocycles. The first-order chi connectivity index (χ1) is 9.51. The van der Waals surface area contributed by atoms with Crippen LogP contribution in [0.25, 0.3) is 0 Å². The molecular formula is C14H17NO4S. The lowest BCUT2D eigenvalue weighted by Crippen LogP contribution is -2.40. The summed E-state index contributed by atoms with van der Waals surface area (Å²) in [5.41, 5.74) is 1.37. The van der Waals surface area contributed by atoms with E-state index in [0.29, 0.717) is 17.0 Å². The minimum absolute atomic E-state index is 0.0978. The number of nitrogens with zero attached hydrogens (tertiary/aromatic N) is 1. The Morgan fingerprint density at radius 1 is 1.50 bits per heavy atom. The van der Waals surface area contributed by atoms with E-state index in [1.807, 2.05) is 12.1 Å². The van der Waals surface area contributed by atoms with Crippen LogP contribution in [0.5, 0.6) is 0 Å². The second kappa shape index (κ2) is 6.28. The van der Waals surface area contributed by atoms with Gasteiger partial charge in [-0.15, -0.1) is 11.8 Å². The number of rotatable bonds is 4. The van der Waals surface area contributed by atoms with Crippen LogP contribution >= 0.6 is 11.8 Å². The predicted octanol–water partition coefficient (Wildman–Crippen LogP) is 1.57. The van der Waals surface area contributed by atoms with E-state index in [9.17, 15) is 14.7 Å². The lowest BCUT2D eigenvalue weighted by atomic mass is 10.2. The Kier molecular flexibility index (Phi) is 4.67. The molecule has 0 bridgehead atoms. The molecule has 1 aliphatic heterocycles. The van der Waals surface area contributed by atoms with Crippen molar-refractivity contribution in [3.05, 3.63) is 23.8 Å². The van der Waals surface area contributed by atoms with Gasteiger partial charge in [0.05, 0.1) is 24.2 Å². The van der Waals surface area contributed by atoms with Gasteiger partial charge in [0, 0.05) is 4.90 Å². The molecule has 0 aliphatic carbocycles. The Balaban J connectivity index is 2.24. The van der Waals surface area contributed by atoms with Crippen molar-refractivity contribution in [2.75, 3.05) is 17.2 Å². The van der Waals surface area contributed by atoms with Crippen LogP contribution < -0.4 is 4.90 Å². The second-order valence-corrected chi connectivity index (χ2v) is 5.78. The van der Waals surface area contributed by atoms with E-state index in [1.54, 1.807) is 19.9 Å². The van der Waals surface area contributed by atoms with Crippen LogP contribution in [0.2, 0.25) is 0 Å². The zero-order valence-electron chi connectivity index (χ0n) is 11.5. The number of aliphatic hydroxyl groups is 1. The van der Waals surface area contributed by atoms with Crippen LogP contribution in [-0.4, -0.2) is 35.4 Å². The minimum atomic E-state index is -0.430. The summed E-state index contributed by atoms with van der Waals surface area (Å²) >= 11 is 1.44. The molecule has 1 aliphatic rings. The topological polar surface area (TPSA) is 66.8 Å². The van der Waals surface area contributed by atoms with E-state index in [1.165, 1.54) is 16.7 Å². The van der Waals surface area contributed by atoms with E-state index in [0.717, 1.165) is 4.90 Å². The summed E-state index contributed by atoms with van der Waals surface area (Å²) in [5, 5.41) is 9.19. The van der Waals surface area contributed by atoms with Gasteiger partial charge < -0.3 is 9.84 Å². The maximum atomic E-state index is 12.0. The Morgan fingerprint density at radius 2 is 2.25 bits per heavy atom. The normalized spacial score (nSPS) is 14.4. The van der Waals surface area contributed by atoms with Gasteiger partial charge in [-0.05, 0) is 31.5 Å². The number of thioether (sulfide) groups is 1. The van der Waals surface area contributed by atoms with Crippen LogP contribution in [0.3, 0.4) is 0 Å². The summed E-state index contributed by atoms with van der Waals surface area (Å²) in [6.07, 6.45) is -0.208. The number of carbonyl (C=O) groups excluding carboxylic acids is 2. The predicted molar refractivity (Wildman–Crippen MR) is 76.7 cm³/mol. The molecule has 2 rings (SSSR count). The molecule has 0 saturated heterocycles. The number of hydrogen-bond acceptors (Lipinski definition) is 5. The average Bonchev–Trinajstić information content (AvgIpc) is 2.40. The number of ether oxygens (including phenoxy) is 1. The molecule has 6 heteroatoms. The van der Waals surface area contributed by atoms with Crippen molar-refractivity contribution in [3.8, 4) is 0 Å². The third-order valence-corrected chi connectivity index (χ3v) is 3.85. The van der Waals surface area contributed by atoms with Crippen molar-refractivity contribution < 1.29 is 19.4 Å². The SMILES string of the molecule is CC(C)OC(=O)CN1C(=O)CSc2ccc(CO)cc21. The van der Waals surface area contributed by atoms with Gasteiger partial charge in [0.15, 0.2) is 0 Å². The summed E-state index contributed by atoms with van der Waals surface area (Å²) in [6.45, 7) is 3.34. The van der Waals surface area contributed by atoms with Crippen LogP contribution in [0.15, 0.2) is 23.1 Å². The van der Waals surface area contributed by atoms with Crippen LogP contribution in [0.1, 0.15) is 19.4 Å². The fourth-order valence-corrected chi connectivity index (χ4v) is 2.86. The van der Waals surface area contributed by atoms with Crippen molar-refractivity contribution in [3.63, 3.8) is 0 Å². The molecule has 0 saturated carbocycles. The maximum Gasteiger partial charge on any atom is 0.326 e. The van der Waals surface area contributed by atoms with Gasteiger partial charge in [0.2, 0.25) is 5.91 Å². The van der Waals surface area contributed by atoms with Crippen LogP contribution in [0, 0.1) is 0 Å². The van der Waals surface area contributed by atoms with E-state index in [4.69, 9.17) is 4.74 Å². The highest BCUT2D eigenvalue weighted by Crippen LogP contribution is 2.35. The molecule has 1 aromatic rings. The third-order valence-electron chi connectivity index (χ3n) is 2.80. The summed E-state index contributed by atoms with van der Waals surface area (Å²) < 4.78 is 5.08. The molecule has 108 valence electrons. The Bertz CT molecular complexity index is 530. The van der Waals surface area contributed by atoms with E-state index in [-0.39, 0.29) is 25.2 Å². The van der Waals surface area contributed by atoms with Crippen molar-refractivity contribution >= 4 is 29.3 Å². The zero-order valence-corrected chi connectivity index (χ0v) is 12.3. The fourth-order valence-electron chi connectivity index (χ4n) is 1.95. The highest BCUT2D eigenvalue weighted by molar-refractivity contribution is 8.00. The molecule has 0 unspecified atom stereocenters. The van der Waals surface area contributed by atoms with Gasteiger partial charge in [-0.1, -0.05) is 6.07 Å². The van der Waals surface area contributed by atoms with Gasteiger partial charge in [-0.25, -0.2) is 0 Å². The molecule has 20 heavy (non-hydrogen) atoms. The number of carbonyl (C=O) groups is 2. The van der Waals surface area contributed by atoms with Crippen molar-refractivity contribution in [1.82, 2.24) is 0 Å². The molecule has 0 fully saturated rings. The van der Waals surface area contributed by atoms with Crippen LogP contribution in [0.4, 0.5) is 5.69 Å². The number of benzene rings is 1. The summed E-state index contributed by atoms with van der Waals surface area (Å²) in [5.74, 6) is -0.251. The molecule has 1 heterocycles. The summed E-state index contributed by atoms with van der Waals surface area (Å²) in [4.78, 5) is 26.1. The number of amides is 1. The molecule has 0 spiro atoms. The number of aliphatic hydroxyl groups excluding tert-OH is 1. The van der Waals surface area contributed by atoms with E-state index >= 15 is 0 Å². The highest BCUT2D eigenvalue weighted by Gasteiger charge is 2.27. The van der Waals surface area contributed by atoms with Gasteiger partial charge in [-0.2, -0.15) is 0 Å². The monoisotopic (exact) mass is 295 g/mol. The number of hydrogen-bond donors (Lipinski definition) is 1. The highest BCUT2D eigenvalue weighted by atomic mass is 32.2. The van der Waals surface area contributed by atoms with Gasteiger partial charge in [0.1, 0.15) is 6.54 Å². The van der Waals surface area contributed by atoms with Gasteiger partial charge in [-0.3, -0.25) is 14.5 Å². The summed E-state index contributed by atoms with van der Waals surface area (Å²) in [6, 6.07) is 5.41. The molecule has 0 atom stereocenters. The average molecular weight is 295 g/mol. The lowest BCUT2D eigenvalue weighted by Gasteiger charge is -2.28. The smallest absolute Gasteiger partial charge is 0.326 e. The van der Waals surface area contributed by atoms with Crippen molar-refractivity contribution in [1.29, 1.82) is 0 Å². The van der Waals surface area contributed by atoms with E-state index < -0.39 is 5.97 Å². The van der Waals surface area contributed by atoms with Crippen LogP contribution in [-0.2, 0) is 20.9 Å². The summed E-state index contributed by atoms with van der Waals surface area (Å²) in [7, 11) is 0. The molecule has 0 radical (unpaired) electrons. The van der Waals surface area contributed by atoms with E-state index in [2.05, 4.69) is 0 Å². The number of fused-ring (bicyclic) bond motifs is 1. The molecular weight excluding hydrogens is 278 g/mol. The Morgan fingerprint density at radius 3 is 2.90 bits per heavy atom. The molecule has 5 nitrogen and oxygen atoms in total. The Labute approximate surface area is 121 Å². The maximum absolute atomic E-state index is 12.0. The number of esters is 1. The molecule has 1 amide bonds. The Hall–Kier alpha value is -1.53. The first kappa shape index (κ1) is 14.9. The van der Waals surface area contributed by atoms with Gasteiger partial charge >= 0.3 is 5.97 Å². The minimum Gasteiger partial charge on any atom is -0.462 e. The second-order valence-electron chi connectivity index (χ2n) is 4.77. The quantitative estimate of drug-likeness (QED) is 0.854. The molecule has 1 N–H and O–H groups in total. The van der Waals surface area contributed by atoms with Crippen molar-refractivity contribution in [2.24, 2.45) is 0 Å². The van der Waals surface area contributed by atoms with Crippen molar-refractivity contribution in [2.45, 2.75) is 31.5 Å². The lowest BCUT2D eigenvalue weighted by molar-refractivity contribution is -0.146. The molecule has 0 aromatic heterocycles. The zero-order chi connectivity index (χ0) is 14.7. The first-order valence-corrected chi connectivity index (χ1v) is 7.36. The fraction of sp³-hybridized carbons (Fsp3) is 0.429. The first-order valence-electron chi connectivity index (χ1n) is 6.37. The van der Waals surface area contributed by atoms with Gasteiger partial charge in [0.25, 0.3) is 0 Å². The standard InChI is InChI=1S/C14H17NO4S/c1-9(2)19-14(18)6-15-11-5-10(7-16)3-4-12(11)20-8-13(15)17/h3-5,9,16H,6-8H2,1-2H3.